The van der Waals surface area contributed by atoms with Crippen LogP contribution in [0.2, 0.25) is 0 Å². The van der Waals surface area contributed by atoms with Crippen molar-refractivity contribution in [1.82, 2.24) is 9.80 Å². The fraction of sp³-hybridized carbons (Fsp3) is 0.562. The minimum absolute atomic E-state index is 0.399. The third kappa shape index (κ3) is 5.30. The van der Waals surface area contributed by atoms with Crippen molar-refractivity contribution in [1.29, 1.82) is 0 Å². The van der Waals surface area contributed by atoms with E-state index >= 15 is 0 Å². The first-order valence-electron chi connectivity index (χ1n) is 7.74. The fourth-order valence-corrected chi connectivity index (χ4v) is 2.55. The molecule has 1 aromatic rings. The number of amides is 1. The zero-order valence-corrected chi connectivity index (χ0v) is 13.4. The number of hydrogen-bond donors (Lipinski definition) is 2. The van der Waals surface area contributed by atoms with Crippen molar-refractivity contribution < 1.29 is 24.5 Å². The summed E-state index contributed by atoms with van der Waals surface area (Å²) in [7, 11) is 1.59. The van der Waals surface area contributed by atoms with E-state index in [2.05, 4.69) is 4.90 Å². The summed E-state index contributed by atoms with van der Waals surface area (Å²) in [5.74, 6) is 1.34. The van der Waals surface area contributed by atoms with Crippen LogP contribution in [0.4, 0.5) is 4.79 Å². The van der Waals surface area contributed by atoms with Gasteiger partial charge in [0.25, 0.3) is 0 Å². The smallest absolute Gasteiger partial charge is 0.407 e. The van der Waals surface area contributed by atoms with E-state index in [4.69, 9.17) is 14.6 Å². The van der Waals surface area contributed by atoms with Gasteiger partial charge in [0.15, 0.2) is 11.5 Å². The molecule has 0 spiro atoms. The number of hydrogen-bond acceptors (Lipinski definition) is 5. The highest BCUT2D eigenvalue weighted by Gasteiger charge is 2.21. The molecule has 0 aromatic heterocycles. The number of ether oxygens (including phenoxy) is 2. The lowest BCUT2D eigenvalue weighted by Crippen LogP contribution is -2.50. The third-order valence-electron chi connectivity index (χ3n) is 3.89. The Morgan fingerprint density at radius 1 is 1.22 bits per heavy atom. The van der Waals surface area contributed by atoms with Crippen molar-refractivity contribution in [3.63, 3.8) is 0 Å². The number of rotatable bonds is 7. The molecule has 0 bridgehead atoms. The molecule has 1 saturated heterocycles. The maximum atomic E-state index is 10.8. The Morgan fingerprint density at radius 3 is 2.48 bits per heavy atom. The Labute approximate surface area is 136 Å². The van der Waals surface area contributed by atoms with Gasteiger partial charge in [-0.3, -0.25) is 4.90 Å². The van der Waals surface area contributed by atoms with Crippen LogP contribution < -0.4 is 9.47 Å². The van der Waals surface area contributed by atoms with Gasteiger partial charge >= 0.3 is 6.09 Å². The molecule has 23 heavy (non-hydrogen) atoms. The van der Waals surface area contributed by atoms with Gasteiger partial charge in [-0.15, -0.1) is 0 Å². The average molecular weight is 324 g/mol. The molecule has 1 atom stereocenters. The van der Waals surface area contributed by atoms with Crippen LogP contribution in [0.25, 0.3) is 0 Å². The molecule has 1 unspecified atom stereocenters. The predicted molar refractivity (Wildman–Crippen MR) is 85.2 cm³/mol. The number of para-hydroxylation sites is 2. The molecule has 0 aliphatic carbocycles. The van der Waals surface area contributed by atoms with Gasteiger partial charge in [0, 0.05) is 39.1 Å². The Hall–Kier alpha value is -1.99. The Morgan fingerprint density at radius 2 is 1.87 bits per heavy atom. The first-order chi connectivity index (χ1) is 11.1. The minimum Gasteiger partial charge on any atom is -0.493 e. The Balaban J connectivity index is 1.67. The monoisotopic (exact) mass is 324 g/mol. The molecule has 0 radical (unpaired) electrons. The van der Waals surface area contributed by atoms with E-state index in [1.807, 2.05) is 24.3 Å². The van der Waals surface area contributed by atoms with Crippen LogP contribution in [0, 0.1) is 0 Å². The normalized spacial score (nSPS) is 16.9. The molecule has 1 heterocycles. The molecule has 1 amide bonds. The molecule has 1 aliphatic heterocycles. The number of β-amino-alcohol motifs (C(OH)–C–C–N with tert-alkyl or cyclic N) is 1. The summed E-state index contributed by atoms with van der Waals surface area (Å²) < 4.78 is 10.9. The van der Waals surface area contributed by atoms with Crippen LogP contribution in [0.3, 0.4) is 0 Å². The molecule has 7 nitrogen and oxygen atoms in total. The zero-order valence-electron chi connectivity index (χ0n) is 13.4. The van der Waals surface area contributed by atoms with Crippen molar-refractivity contribution in [2.75, 3.05) is 46.4 Å². The molecule has 1 fully saturated rings. The SMILES string of the molecule is COc1ccccc1OCCC(O)CN1CCN(C(=O)O)CC1. The lowest BCUT2D eigenvalue weighted by Gasteiger charge is -2.34. The second-order valence-corrected chi connectivity index (χ2v) is 5.51. The van der Waals surface area contributed by atoms with Gasteiger partial charge in [0.1, 0.15) is 0 Å². The van der Waals surface area contributed by atoms with Crippen molar-refractivity contribution in [2.24, 2.45) is 0 Å². The highest BCUT2D eigenvalue weighted by Crippen LogP contribution is 2.25. The lowest BCUT2D eigenvalue weighted by molar-refractivity contribution is 0.0601. The van der Waals surface area contributed by atoms with Gasteiger partial charge in [-0.05, 0) is 12.1 Å². The van der Waals surface area contributed by atoms with E-state index in [9.17, 15) is 9.90 Å². The largest absolute Gasteiger partial charge is 0.493 e. The molecule has 1 aliphatic rings. The second kappa shape index (κ2) is 8.59. The van der Waals surface area contributed by atoms with E-state index < -0.39 is 12.2 Å². The van der Waals surface area contributed by atoms with Crippen molar-refractivity contribution in [3.05, 3.63) is 24.3 Å². The molecule has 7 heteroatoms. The summed E-state index contributed by atoms with van der Waals surface area (Å²) in [5.41, 5.74) is 0. The number of benzene rings is 1. The van der Waals surface area contributed by atoms with E-state index in [1.54, 1.807) is 7.11 Å². The summed E-state index contributed by atoms with van der Waals surface area (Å²) >= 11 is 0. The van der Waals surface area contributed by atoms with Gasteiger partial charge in [-0.1, -0.05) is 12.1 Å². The van der Waals surface area contributed by atoms with Crippen LogP contribution >= 0.6 is 0 Å². The Kier molecular flexibility index (Phi) is 6.49. The number of carboxylic acid groups (broad SMARTS) is 1. The standard InChI is InChI=1S/C16H24N2O5/c1-22-14-4-2-3-5-15(14)23-11-6-13(19)12-17-7-9-18(10-8-17)16(20)21/h2-5,13,19H,6-12H2,1H3,(H,20,21). The number of piperazine rings is 1. The number of nitrogens with zero attached hydrogens (tertiary/aromatic N) is 2. The quantitative estimate of drug-likeness (QED) is 0.782. The number of aliphatic hydroxyl groups is 1. The molecule has 1 aromatic carbocycles. The van der Waals surface area contributed by atoms with Crippen molar-refractivity contribution in [3.8, 4) is 11.5 Å². The van der Waals surface area contributed by atoms with E-state index in [1.165, 1.54) is 4.90 Å². The van der Waals surface area contributed by atoms with E-state index in [0.29, 0.717) is 57.3 Å². The molecular formula is C16H24N2O5. The van der Waals surface area contributed by atoms with Crippen molar-refractivity contribution >= 4 is 6.09 Å². The molecule has 128 valence electrons. The third-order valence-corrected chi connectivity index (χ3v) is 3.89. The van der Waals surface area contributed by atoms with Crippen LogP contribution in [-0.2, 0) is 0 Å². The molecule has 2 N–H and O–H groups in total. The van der Waals surface area contributed by atoms with Crippen molar-refractivity contribution in [2.45, 2.75) is 12.5 Å². The van der Waals surface area contributed by atoms with E-state index in [-0.39, 0.29) is 0 Å². The van der Waals surface area contributed by atoms with Gasteiger partial charge in [-0.2, -0.15) is 0 Å². The van der Waals surface area contributed by atoms with Crippen LogP contribution in [0.5, 0.6) is 11.5 Å². The highest BCUT2D eigenvalue weighted by atomic mass is 16.5. The van der Waals surface area contributed by atoms with Crippen LogP contribution in [0.15, 0.2) is 24.3 Å². The predicted octanol–water partition coefficient (Wildman–Crippen LogP) is 1.12. The van der Waals surface area contributed by atoms with Gasteiger partial charge < -0.3 is 24.6 Å². The van der Waals surface area contributed by atoms with Gasteiger partial charge in [-0.25, -0.2) is 4.79 Å². The van der Waals surface area contributed by atoms with Gasteiger partial charge in [0.05, 0.1) is 19.8 Å². The average Bonchev–Trinajstić information content (AvgIpc) is 2.55. The number of carbonyl (C=O) groups is 1. The molecule has 0 saturated carbocycles. The van der Waals surface area contributed by atoms with E-state index in [0.717, 1.165) is 0 Å². The maximum Gasteiger partial charge on any atom is 0.407 e. The second-order valence-electron chi connectivity index (χ2n) is 5.51. The van der Waals surface area contributed by atoms with Gasteiger partial charge in [0.2, 0.25) is 0 Å². The topological polar surface area (TPSA) is 82.5 Å². The number of methoxy groups -OCH3 is 1. The molecule has 2 rings (SSSR count). The summed E-state index contributed by atoms with van der Waals surface area (Å²) in [6.07, 6.45) is -0.867. The summed E-state index contributed by atoms with van der Waals surface area (Å²) in [4.78, 5) is 14.3. The minimum atomic E-state index is -0.879. The van der Waals surface area contributed by atoms with Crippen LogP contribution in [-0.4, -0.2) is 78.7 Å². The number of aliphatic hydroxyl groups excluding tert-OH is 1. The summed E-state index contributed by atoms with van der Waals surface area (Å²) in [5, 5.41) is 19.0. The lowest BCUT2D eigenvalue weighted by atomic mass is 10.2. The molecular weight excluding hydrogens is 300 g/mol. The first kappa shape index (κ1) is 17.4. The summed E-state index contributed by atoms with van der Waals surface area (Å²) in [6.45, 7) is 3.20. The fourth-order valence-electron chi connectivity index (χ4n) is 2.55. The van der Waals surface area contributed by atoms with Crippen LogP contribution in [0.1, 0.15) is 6.42 Å². The highest BCUT2D eigenvalue weighted by molar-refractivity contribution is 5.65. The first-order valence-corrected chi connectivity index (χ1v) is 7.74. The zero-order chi connectivity index (χ0) is 16.7. The summed E-state index contributed by atoms with van der Waals surface area (Å²) in [6, 6.07) is 7.40. The Bertz CT molecular complexity index is 503. The maximum absolute atomic E-state index is 10.8.